The van der Waals surface area contributed by atoms with E-state index in [1.54, 1.807) is 6.92 Å². The number of hydrogen-bond donors (Lipinski definition) is 0. The fourth-order valence-corrected chi connectivity index (χ4v) is 2.17. The van der Waals surface area contributed by atoms with Crippen LogP contribution in [0.5, 0.6) is 0 Å². The summed E-state index contributed by atoms with van der Waals surface area (Å²) in [6.07, 6.45) is 3.57. The van der Waals surface area contributed by atoms with E-state index in [4.69, 9.17) is 16.0 Å². The minimum atomic E-state index is 0.136. The second kappa shape index (κ2) is 4.63. The maximum atomic E-state index is 10.9. The average Bonchev–Trinajstić information content (AvgIpc) is 2.70. The fraction of sp³-hybridized carbons (Fsp3) is 0.111. The van der Waals surface area contributed by atoms with Gasteiger partial charge in [-0.1, -0.05) is 11.6 Å². The molecule has 0 saturated heterocycles. The number of rotatable bonds is 3. The molecule has 0 N–H and O–H groups in total. The van der Waals surface area contributed by atoms with Gasteiger partial charge in [0, 0.05) is 0 Å². The van der Waals surface area contributed by atoms with Crippen molar-refractivity contribution >= 4 is 29.6 Å². The number of aldehydes is 1. The second-order valence-corrected chi connectivity index (χ2v) is 4.10. The zero-order chi connectivity index (χ0) is 11.5. The number of aromatic nitrogens is 3. The molecule has 0 radical (unpaired) electrons. The number of oxazole rings is 1. The summed E-state index contributed by atoms with van der Waals surface area (Å²) in [7, 11) is 0. The first-order valence-electron chi connectivity index (χ1n) is 4.27. The lowest BCUT2D eigenvalue weighted by atomic mass is 10.4. The number of carbonyl (C=O) groups is 1. The minimum Gasteiger partial charge on any atom is -0.440 e. The highest BCUT2D eigenvalue weighted by molar-refractivity contribution is 7.99. The van der Waals surface area contributed by atoms with Crippen molar-refractivity contribution < 1.29 is 9.21 Å². The third kappa shape index (κ3) is 2.23. The molecule has 0 aromatic carbocycles. The van der Waals surface area contributed by atoms with Gasteiger partial charge in [-0.05, 0) is 18.7 Å². The Morgan fingerprint density at radius 3 is 2.94 bits per heavy atom. The lowest BCUT2D eigenvalue weighted by molar-refractivity contribution is 0.112. The van der Waals surface area contributed by atoms with E-state index in [9.17, 15) is 4.79 Å². The smallest absolute Gasteiger partial charge is 0.261 e. The molecular formula is C9H6ClN3O2S. The molecule has 2 aromatic rings. The van der Waals surface area contributed by atoms with Crippen LogP contribution in [0.1, 0.15) is 16.2 Å². The summed E-state index contributed by atoms with van der Waals surface area (Å²) in [6.45, 7) is 1.69. The predicted molar refractivity (Wildman–Crippen MR) is 57.8 cm³/mol. The molecule has 0 aliphatic heterocycles. The Hall–Kier alpha value is -1.40. The summed E-state index contributed by atoms with van der Waals surface area (Å²) in [5.41, 5.74) is 0.246. The summed E-state index contributed by atoms with van der Waals surface area (Å²) in [4.78, 5) is 22.8. The van der Waals surface area contributed by atoms with Crippen LogP contribution in [0.2, 0.25) is 5.15 Å². The van der Waals surface area contributed by atoms with E-state index in [1.165, 1.54) is 12.5 Å². The molecule has 0 spiro atoms. The van der Waals surface area contributed by atoms with Crippen LogP contribution in [0.25, 0.3) is 0 Å². The molecule has 2 rings (SSSR count). The SMILES string of the molecule is Cc1nc(Cl)c(C=O)c(Sc2ncco2)n1. The second-order valence-electron chi connectivity index (χ2n) is 2.80. The van der Waals surface area contributed by atoms with Gasteiger partial charge >= 0.3 is 0 Å². The van der Waals surface area contributed by atoms with E-state index >= 15 is 0 Å². The maximum absolute atomic E-state index is 10.9. The standard InChI is InChI=1S/C9H6ClN3O2S/c1-5-12-7(10)6(4-14)8(13-5)16-9-11-2-3-15-9/h2-4H,1H3. The molecule has 7 heteroatoms. The Labute approximate surface area is 100 Å². The van der Waals surface area contributed by atoms with Crippen molar-refractivity contribution in [1.82, 2.24) is 15.0 Å². The normalized spacial score (nSPS) is 10.4. The van der Waals surface area contributed by atoms with Crippen LogP contribution in [0.3, 0.4) is 0 Å². The molecule has 0 unspecified atom stereocenters. The van der Waals surface area contributed by atoms with E-state index < -0.39 is 0 Å². The summed E-state index contributed by atoms with van der Waals surface area (Å²) >= 11 is 6.96. The molecule has 0 saturated carbocycles. The van der Waals surface area contributed by atoms with Crippen molar-refractivity contribution in [2.45, 2.75) is 17.2 Å². The van der Waals surface area contributed by atoms with Crippen molar-refractivity contribution in [3.05, 3.63) is 29.0 Å². The third-order valence-electron chi connectivity index (χ3n) is 1.69. The van der Waals surface area contributed by atoms with Crippen molar-refractivity contribution in [2.24, 2.45) is 0 Å². The lowest BCUT2D eigenvalue weighted by Gasteiger charge is -2.03. The summed E-state index contributed by atoms with van der Waals surface area (Å²) < 4.78 is 5.05. The Morgan fingerprint density at radius 2 is 2.31 bits per heavy atom. The summed E-state index contributed by atoms with van der Waals surface area (Å²) in [6, 6.07) is 0. The van der Waals surface area contributed by atoms with Crippen LogP contribution < -0.4 is 0 Å². The van der Waals surface area contributed by atoms with Gasteiger partial charge in [0.2, 0.25) is 0 Å². The first-order chi connectivity index (χ1) is 7.70. The van der Waals surface area contributed by atoms with E-state index in [1.807, 2.05) is 0 Å². The molecular weight excluding hydrogens is 250 g/mol. The largest absolute Gasteiger partial charge is 0.440 e. The highest BCUT2D eigenvalue weighted by Gasteiger charge is 2.14. The quantitative estimate of drug-likeness (QED) is 0.620. The monoisotopic (exact) mass is 255 g/mol. The van der Waals surface area contributed by atoms with Crippen LogP contribution in [0.15, 0.2) is 27.1 Å². The van der Waals surface area contributed by atoms with E-state index in [0.717, 1.165) is 11.8 Å². The van der Waals surface area contributed by atoms with Crippen molar-refractivity contribution in [1.29, 1.82) is 0 Å². The molecule has 0 amide bonds. The first kappa shape index (κ1) is 11.1. The van der Waals surface area contributed by atoms with E-state index in [2.05, 4.69) is 15.0 Å². The van der Waals surface area contributed by atoms with Gasteiger partial charge in [0.05, 0.1) is 11.8 Å². The third-order valence-corrected chi connectivity index (χ3v) is 2.86. The van der Waals surface area contributed by atoms with Gasteiger partial charge in [0.15, 0.2) is 6.29 Å². The molecule has 16 heavy (non-hydrogen) atoms. The molecule has 0 aliphatic carbocycles. The Kier molecular flexibility index (Phi) is 3.21. The Morgan fingerprint density at radius 1 is 1.50 bits per heavy atom. The predicted octanol–water partition coefficient (Wildman–Crippen LogP) is 2.39. The molecule has 5 nitrogen and oxygen atoms in total. The Balaban J connectivity index is 2.43. The molecule has 0 bridgehead atoms. The zero-order valence-corrected chi connectivity index (χ0v) is 9.75. The minimum absolute atomic E-state index is 0.136. The average molecular weight is 256 g/mol. The number of aryl methyl sites for hydroxylation is 1. The summed E-state index contributed by atoms with van der Waals surface area (Å²) in [5, 5.41) is 0.976. The highest BCUT2D eigenvalue weighted by atomic mass is 35.5. The zero-order valence-electron chi connectivity index (χ0n) is 8.18. The van der Waals surface area contributed by atoms with Crippen molar-refractivity contribution in [2.75, 3.05) is 0 Å². The van der Waals surface area contributed by atoms with Gasteiger partial charge in [-0.2, -0.15) is 0 Å². The van der Waals surface area contributed by atoms with Gasteiger partial charge in [0.25, 0.3) is 5.22 Å². The number of nitrogens with zero attached hydrogens (tertiary/aromatic N) is 3. The molecule has 2 aromatic heterocycles. The van der Waals surface area contributed by atoms with Gasteiger partial charge in [-0.3, -0.25) is 4.79 Å². The molecule has 0 fully saturated rings. The van der Waals surface area contributed by atoms with Gasteiger partial charge in [-0.25, -0.2) is 15.0 Å². The topological polar surface area (TPSA) is 68.9 Å². The molecule has 2 heterocycles. The van der Waals surface area contributed by atoms with Crippen LogP contribution in [0, 0.1) is 6.92 Å². The van der Waals surface area contributed by atoms with Gasteiger partial charge in [-0.15, -0.1) is 0 Å². The molecule has 0 atom stereocenters. The lowest BCUT2D eigenvalue weighted by Crippen LogP contribution is -1.98. The van der Waals surface area contributed by atoms with Crippen molar-refractivity contribution in [3.63, 3.8) is 0 Å². The Bertz CT molecular complexity index is 516. The van der Waals surface area contributed by atoms with Crippen molar-refractivity contribution in [3.8, 4) is 0 Å². The molecule has 0 aliphatic rings. The van der Waals surface area contributed by atoms with E-state index in [-0.39, 0.29) is 10.7 Å². The van der Waals surface area contributed by atoms with Crippen LogP contribution in [-0.2, 0) is 0 Å². The van der Waals surface area contributed by atoms with Crippen LogP contribution in [0.4, 0.5) is 0 Å². The van der Waals surface area contributed by atoms with Gasteiger partial charge < -0.3 is 4.42 Å². The van der Waals surface area contributed by atoms with Crippen LogP contribution in [-0.4, -0.2) is 21.2 Å². The summed E-state index contributed by atoms with van der Waals surface area (Å²) in [5.74, 6) is 0.490. The highest BCUT2D eigenvalue weighted by Crippen LogP contribution is 2.29. The maximum Gasteiger partial charge on any atom is 0.261 e. The number of carbonyl (C=O) groups excluding carboxylic acids is 1. The molecule has 82 valence electrons. The fourth-order valence-electron chi connectivity index (χ4n) is 1.04. The first-order valence-corrected chi connectivity index (χ1v) is 5.47. The van der Waals surface area contributed by atoms with E-state index in [0.29, 0.717) is 22.4 Å². The number of halogens is 1. The van der Waals surface area contributed by atoms with Gasteiger partial charge in [0.1, 0.15) is 22.3 Å². The number of hydrogen-bond acceptors (Lipinski definition) is 6. The van der Waals surface area contributed by atoms with Crippen LogP contribution >= 0.6 is 23.4 Å².